The summed E-state index contributed by atoms with van der Waals surface area (Å²) in [5, 5.41) is 0. The van der Waals surface area contributed by atoms with Gasteiger partial charge in [0, 0.05) is 13.0 Å². The van der Waals surface area contributed by atoms with Crippen LogP contribution in [-0.2, 0) is 6.54 Å². The summed E-state index contributed by atoms with van der Waals surface area (Å²) in [4.78, 5) is 2.31. The van der Waals surface area contributed by atoms with E-state index < -0.39 is 0 Å². The highest BCUT2D eigenvalue weighted by atomic mass is 16.5. The molecule has 1 aromatic carbocycles. The fourth-order valence-corrected chi connectivity index (χ4v) is 2.22. The van der Waals surface area contributed by atoms with Crippen LogP contribution in [0.15, 0.2) is 18.2 Å². The van der Waals surface area contributed by atoms with Crippen LogP contribution in [0.3, 0.4) is 0 Å². The lowest BCUT2D eigenvalue weighted by molar-refractivity contribution is 0.296. The molecule has 1 aliphatic heterocycles. The summed E-state index contributed by atoms with van der Waals surface area (Å²) in [6, 6.07) is 6.23. The van der Waals surface area contributed by atoms with Gasteiger partial charge in [0.05, 0.1) is 13.2 Å². The fraction of sp³-hybridized carbons (Fsp3) is 0.600. The first kappa shape index (κ1) is 14.2. The monoisotopic (exact) mass is 264 g/mol. The predicted octanol–water partition coefficient (Wildman–Crippen LogP) is 2.02. The van der Waals surface area contributed by atoms with Crippen LogP contribution in [0.5, 0.6) is 11.5 Å². The molecule has 0 unspecified atom stereocenters. The van der Waals surface area contributed by atoms with Crippen molar-refractivity contribution in [2.24, 2.45) is 5.73 Å². The molecule has 106 valence electrons. The van der Waals surface area contributed by atoms with Gasteiger partial charge in [0.1, 0.15) is 0 Å². The van der Waals surface area contributed by atoms with Crippen LogP contribution in [0.4, 0.5) is 0 Å². The number of hydrogen-bond acceptors (Lipinski definition) is 4. The minimum atomic E-state index is 0.739. The molecule has 19 heavy (non-hydrogen) atoms. The Labute approximate surface area is 115 Å². The van der Waals surface area contributed by atoms with Gasteiger partial charge in [-0.3, -0.25) is 0 Å². The molecule has 0 radical (unpaired) electrons. The van der Waals surface area contributed by atoms with Gasteiger partial charge in [-0.15, -0.1) is 0 Å². The Bertz CT molecular complexity index is 396. The maximum absolute atomic E-state index is 5.71. The Morgan fingerprint density at radius 2 is 1.95 bits per heavy atom. The maximum Gasteiger partial charge on any atom is 0.161 e. The summed E-state index contributed by atoms with van der Waals surface area (Å²) >= 11 is 0. The highest BCUT2D eigenvalue weighted by Crippen LogP contribution is 2.30. The van der Waals surface area contributed by atoms with E-state index in [4.69, 9.17) is 15.2 Å². The summed E-state index contributed by atoms with van der Waals surface area (Å²) in [7, 11) is 2.14. The van der Waals surface area contributed by atoms with Crippen LogP contribution in [0.1, 0.15) is 24.8 Å². The zero-order valence-corrected chi connectivity index (χ0v) is 11.7. The first-order valence-electron chi connectivity index (χ1n) is 7.07. The molecule has 0 bridgehead atoms. The van der Waals surface area contributed by atoms with E-state index in [1.54, 1.807) is 0 Å². The summed E-state index contributed by atoms with van der Waals surface area (Å²) in [6.45, 7) is 4.26. The van der Waals surface area contributed by atoms with Crippen molar-refractivity contribution >= 4 is 0 Å². The Morgan fingerprint density at radius 3 is 2.74 bits per heavy atom. The highest BCUT2D eigenvalue weighted by Gasteiger charge is 2.11. The molecule has 2 N–H and O–H groups in total. The lowest BCUT2D eigenvalue weighted by Gasteiger charge is -2.17. The first-order chi connectivity index (χ1) is 9.29. The maximum atomic E-state index is 5.71. The van der Waals surface area contributed by atoms with E-state index in [-0.39, 0.29) is 0 Å². The smallest absolute Gasteiger partial charge is 0.161 e. The number of rotatable bonds is 6. The molecule has 0 atom stereocenters. The Morgan fingerprint density at radius 1 is 1.16 bits per heavy atom. The van der Waals surface area contributed by atoms with E-state index in [0.717, 1.165) is 63.6 Å². The van der Waals surface area contributed by atoms with Crippen LogP contribution >= 0.6 is 0 Å². The molecule has 0 aliphatic carbocycles. The van der Waals surface area contributed by atoms with Gasteiger partial charge in [-0.2, -0.15) is 0 Å². The van der Waals surface area contributed by atoms with Crippen molar-refractivity contribution in [1.82, 2.24) is 4.90 Å². The normalized spacial score (nSPS) is 14.5. The molecule has 0 saturated carbocycles. The lowest BCUT2D eigenvalue weighted by atomic mass is 10.2. The average Bonchev–Trinajstić information content (AvgIpc) is 2.63. The van der Waals surface area contributed by atoms with Gasteiger partial charge in [-0.25, -0.2) is 0 Å². The van der Waals surface area contributed by atoms with Crippen molar-refractivity contribution < 1.29 is 9.47 Å². The second-order valence-corrected chi connectivity index (χ2v) is 5.07. The van der Waals surface area contributed by atoms with Crippen LogP contribution in [0, 0.1) is 0 Å². The summed E-state index contributed by atoms with van der Waals surface area (Å²) in [5.74, 6) is 1.75. The molecule has 0 spiro atoms. The van der Waals surface area contributed by atoms with Gasteiger partial charge >= 0.3 is 0 Å². The van der Waals surface area contributed by atoms with Crippen LogP contribution in [0.25, 0.3) is 0 Å². The van der Waals surface area contributed by atoms with Crippen molar-refractivity contribution in [1.29, 1.82) is 0 Å². The molecule has 1 aromatic rings. The van der Waals surface area contributed by atoms with Crippen molar-refractivity contribution in [2.75, 3.05) is 33.4 Å². The van der Waals surface area contributed by atoms with Crippen molar-refractivity contribution in [3.05, 3.63) is 23.8 Å². The zero-order chi connectivity index (χ0) is 13.5. The molecule has 1 aliphatic rings. The number of nitrogens with zero attached hydrogens (tertiary/aromatic N) is 1. The Hall–Kier alpha value is -1.26. The first-order valence-corrected chi connectivity index (χ1v) is 7.07. The third-order valence-electron chi connectivity index (χ3n) is 3.26. The molecule has 0 fully saturated rings. The number of hydrogen-bond donors (Lipinski definition) is 1. The quantitative estimate of drug-likeness (QED) is 0.799. The third-order valence-corrected chi connectivity index (χ3v) is 3.26. The van der Waals surface area contributed by atoms with Gasteiger partial charge in [0.15, 0.2) is 11.5 Å². The number of unbranched alkanes of at least 4 members (excludes halogenated alkanes) is 1. The number of benzene rings is 1. The SMILES string of the molecule is CN(CCCCN)Cc1ccc2c(c1)OCCCO2. The van der Waals surface area contributed by atoms with Crippen molar-refractivity contribution in [3.8, 4) is 11.5 Å². The molecule has 0 amide bonds. The van der Waals surface area contributed by atoms with Crippen LogP contribution in [0.2, 0.25) is 0 Å². The van der Waals surface area contributed by atoms with Crippen molar-refractivity contribution in [3.63, 3.8) is 0 Å². The zero-order valence-electron chi connectivity index (χ0n) is 11.7. The summed E-state index contributed by atoms with van der Waals surface area (Å²) in [5.41, 5.74) is 6.77. The second kappa shape index (κ2) is 7.36. The summed E-state index contributed by atoms with van der Waals surface area (Å²) < 4.78 is 11.3. The van der Waals surface area contributed by atoms with E-state index in [9.17, 15) is 0 Å². The van der Waals surface area contributed by atoms with E-state index in [0.29, 0.717) is 0 Å². The second-order valence-electron chi connectivity index (χ2n) is 5.07. The number of ether oxygens (including phenoxy) is 2. The topological polar surface area (TPSA) is 47.7 Å². The number of nitrogens with two attached hydrogens (primary N) is 1. The molecule has 2 rings (SSSR count). The van der Waals surface area contributed by atoms with Gasteiger partial charge in [0.2, 0.25) is 0 Å². The summed E-state index contributed by atoms with van der Waals surface area (Å²) in [6.07, 6.45) is 3.19. The predicted molar refractivity (Wildman–Crippen MR) is 76.7 cm³/mol. The standard InChI is InChI=1S/C15H24N2O2/c1-17(8-3-2-7-16)12-13-5-6-14-15(11-13)19-10-4-9-18-14/h5-6,11H,2-4,7-10,12,16H2,1H3. The van der Waals surface area contributed by atoms with E-state index in [1.165, 1.54) is 5.56 Å². The molecule has 1 heterocycles. The van der Waals surface area contributed by atoms with E-state index in [2.05, 4.69) is 24.1 Å². The highest BCUT2D eigenvalue weighted by molar-refractivity contribution is 5.43. The minimum Gasteiger partial charge on any atom is -0.490 e. The van der Waals surface area contributed by atoms with Crippen molar-refractivity contribution in [2.45, 2.75) is 25.8 Å². The molecule has 0 aromatic heterocycles. The molecule has 4 heteroatoms. The van der Waals surface area contributed by atoms with Gasteiger partial charge in [0.25, 0.3) is 0 Å². The largest absolute Gasteiger partial charge is 0.490 e. The number of fused-ring (bicyclic) bond motifs is 1. The third kappa shape index (κ3) is 4.40. The molecule has 0 saturated heterocycles. The van der Waals surface area contributed by atoms with E-state index in [1.807, 2.05) is 6.07 Å². The van der Waals surface area contributed by atoms with Gasteiger partial charge in [-0.1, -0.05) is 6.07 Å². The van der Waals surface area contributed by atoms with Gasteiger partial charge < -0.3 is 20.1 Å². The molecule has 4 nitrogen and oxygen atoms in total. The van der Waals surface area contributed by atoms with Crippen LogP contribution in [-0.4, -0.2) is 38.3 Å². The van der Waals surface area contributed by atoms with Gasteiger partial charge in [-0.05, 0) is 50.7 Å². The van der Waals surface area contributed by atoms with E-state index >= 15 is 0 Å². The van der Waals surface area contributed by atoms with Crippen LogP contribution < -0.4 is 15.2 Å². The minimum absolute atomic E-state index is 0.739. The fourth-order valence-electron chi connectivity index (χ4n) is 2.22. The Balaban J connectivity index is 1.92. The Kier molecular flexibility index (Phi) is 5.48. The molecular formula is C15H24N2O2. The lowest BCUT2D eigenvalue weighted by Crippen LogP contribution is -2.19. The average molecular weight is 264 g/mol. The molecular weight excluding hydrogens is 240 g/mol.